The summed E-state index contributed by atoms with van der Waals surface area (Å²) >= 11 is 1.18. The number of esters is 2. The van der Waals surface area contributed by atoms with Gasteiger partial charge in [0.1, 0.15) is 0 Å². The molecule has 2 unspecified atom stereocenters. The Morgan fingerprint density at radius 3 is 1.46 bits per heavy atom. The van der Waals surface area contributed by atoms with Crippen molar-refractivity contribution in [3.8, 4) is 0 Å². The maximum Gasteiger partial charge on any atom is 0.419 e. The number of fused-ring (bicyclic) bond motifs is 2. The van der Waals surface area contributed by atoms with E-state index in [1.807, 2.05) is 0 Å². The van der Waals surface area contributed by atoms with Gasteiger partial charge in [-0.15, -0.1) is 0 Å². The van der Waals surface area contributed by atoms with Crippen molar-refractivity contribution >= 4 is 58.5 Å². The highest BCUT2D eigenvalue weighted by Crippen LogP contribution is 2.52. The highest BCUT2D eigenvalue weighted by molar-refractivity contribution is 8.02. The highest BCUT2D eigenvalue weighted by atomic mass is 32.2. The Morgan fingerprint density at radius 1 is 0.739 bits per heavy atom. The van der Waals surface area contributed by atoms with Gasteiger partial charge in [-0.1, -0.05) is 35.7 Å². The third-order valence-electron chi connectivity index (χ3n) is 7.60. The van der Waals surface area contributed by atoms with Gasteiger partial charge in [0.25, 0.3) is 0 Å². The topological polar surface area (TPSA) is 108 Å². The maximum absolute atomic E-state index is 14.1. The minimum absolute atomic E-state index is 0.0557. The van der Waals surface area contributed by atoms with Crippen LogP contribution in [0.5, 0.6) is 0 Å². The van der Waals surface area contributed by atoms with E-state index in [-0.39, 0.29) is 59.0 Å². The van der Waals surface area contributed by atoms with Crippen LogP contribution >= 0.6 is 23.5 Å². The molecule has 0 aliphatic carbocycles. The fourth-order valence-electron chi connectivity index (χ4n) is 5.64. The Hall–Kier alpha value is -3.80. The van der Waals surface area contributed by atoms with E-state index in [1.54, 1.807) is 0 Å². The molecule has 6 rings (SSSR count). The summed E-state index contributed by atoms with van der Waals surface area (Å²) in [5, 5.41) is 5.87. The number of rotatable bonds is 4. The third-order valence-corrected chi connectivity index (χ3v) is 10.3. The number of halogens is 6. The number of nitrogens with one attached hydrogen (secondary N) is 2. The molecular weight excluding hydrogens is 662 g/mol. The van der Waals surface area contributed by atoms with E-state index in [9.17, 15) is 35.9 Å². The summed E-state index contributed by atoms with van der Waals surface area (Å²) in [5.74, 6) is -3.02. The van der Waals surface area contributed by atoms with Crippen molar-refractivity contribution in [3.05, 3.63) is 47.5 Å². The van der Waals surface area contributed by atoms with Gasteiger partial charge < -0.3 is 29.9 Å². The van der Waals surface area contributed by atoms with Gasteiger partial charge in [0.15, 0.2) is 11.7 Å². The smallest absolute Gasteiger partial charge is 0.419 e. The number of ether oxygens (including phenoxy) is 2. The van der Waals surface area contributed by atoms with Crippen LogP contribution in [0.25, 0.3) is 0 Å². The van der Waals surface area contributed by atoms with Crippen molar-refractivity contribution in [2.75, 3.05) is 63.2 Å². The predicted octanol–water partition coefficient (Wildman–Crippen LogP) is 3.99. The van der Waals surface area contributed by atoms with Crippen LogP contribution in [0.3, 0.4) is 0 Å². The van der Waals surface area contributed by atoms with E-state index in [4.69, 9.17) is 9.47 Å². The lowest BCUT2D eigenvalue weighted by atomic mass is 10.1. The molecule has 0 saturated heterocycles. The first-order valence-electron chi connectivity index (χ1n) is 13.9. The number of carbonyl (C=O) groups is 2. The Bertz CT molecular complexity index is 1530. The number of aliphatic imine (C=N–C) groups is 2. The average Bonchev–Trinajstić information content (AvgIpc) is 3.72. The van der Waals surface area contributed by atoms with Gasteiger partial charge in [-0.05, 0) is 24.3 Å². The molecule has 0 fully saturated rings. The molecule has 246 valence electrons. The molecule has 4 aliphatic rings. The lowest BCUT2D eigenvalue weighted by Gasteiger charge is -2.43. The summed E-state index contributed by atoms with van der Waals surface area (Å²) in [5.41, 5.74) is -1.46. The minimum atomic E-state index is -4.74. The summed E-state index contributed by atoms with van der Waals surface area (Å²) in [6.07, 6.45) is -9.49. The first kappa shape index (κ1) is 32.2. The number of nitrogens with zero attached hydrogens (tertiary/aromatic N) is 4. The molecule has 0 radical (unpaired) electrons. The second-order valence-electron chi connectivity index (χ2n) is 10.8. The molecule has 2 aromatic carbocycles. The Morgan fingerprint density at radius 2 is 1.13 bits per heavy atom. The first-order chi connectivity index (χ1) is 21.6. The molecule has 18 heteroatoms. The van der Waals surface area contributed by atoms with E-state index < -0.39 is 45.3 Å². The zero-order chi connectivity index (χ0) is 33.1. The zero-order valence-electron chi connectivity index (χ0n) is 24.2. The van der Waals surface area contributed by atoms with Crippen molar-refractivity contribution in [1.29, 1.82) is 0 Å². The van der Waals surface area contributed by atoms with E-state index in [0.717, 1.165) is 12.1 Å². The van der Waals surface area contributed by atoms with Crippen molar-refractivity contribution in [2.45, 2.75) is 32.0 Å². The van der Waals surface area contributed by atoms with Crippen LogP contribution in [-0.2, 0) is 31.4 Å². The largest absolute Gasteiger partial charge is 0.429 e. The molecule has 0 bridgehead atoms. The maximum atomic E-state index is 14.1. The molecule has 0 amide bonds. The van der Waals surface area contributed by atoms with E-state index in [2.05, 4.69) is 20.6 Å². The van der Waals surface area contributed by atoms with E-state index in [1.165, 1.54) is 48.2 Å². The molecule has 46 heavy (non-hydrogen) atoms. The Balaban J connectivity index is 1.34. The summed E-state index contributed by atoms with van der Waals surface area (Å²) in [6, 6.07) is 7.31. The van der Waals surface area contributed by atoms with Crippen LogP contribution in [0.2, 0.25) is 0 Å². The summed E-state index contributed by atoms with van der Waals surface area (Å²) in [6.45, 7) is 0.753. The van der Waals surface area contributed by atoms with Crippen molar-refractivity contribution in [3.63, 3.8) is 0 Å². The van der Waals surface area contributed by atoms with E-state index >= 15 is 0 Å². The van der Waals surface area contributed by atoms with Gasteiger partial charge in [0, 0.05) is 37.0 Å². The lowest BCUT2D eigenvalue weighted by Crippen LogP contribution is -2.57. The highest BCUT2D eigenvalue weighted by Gasteiger charge is 2.54. The van der Waals surface area contributed by atoms with Gasteiger partial charge >= 0.3 is 24.3 Å². The molecule has 10 nitrogen and oxygen atoms in total. The fraction of sp³-hybridized carbons (Fsp3) is 0.429. The molecule has 2 N–H and O–H groups in total. The molecule has 0 spiro atoms. The molecule has 0 aromatic heterocycles. The molecule has 2 atom stereocenters. The predicted molar refractivity (Wildman–Crippen MR) is 159 cm³/mol. The third kappa shape index (κ3) is 5.69. The van der Waals surface area contributed by atoms with Crippen LogP contribution in [0.15, 0.2) is 56.2 Å². The van der Waals surface area contributed by atoms with Gasteiger partial charge in [-0.2, -0.15) is 26.3 Å². The number of alkyl halides is 6. The summed E-state index contributed by atoms with van der Waals surface area (Å²) < 4.78 is 95.8. The molecule has 0 saturated carbocycles. The van der Waals surface area contributed by atoms with Gasteiger partial charge in [0.05, 0.1) is 48.7 Å². The second-order valence-corrected chi connectivity index (χ2v) is 13.4. The van der Waals surface area contributed by atoms with Crippen LogP contribution in [-0.4, -0.2) is 86.8 Å². The fourth-order valence-corrected chi connectivity index (χ4v) is 8.76. The molecule has 2 aromatic rings. The number of anilines is 2. The monoisotopic (exact) mass is 688 g/mol. The van der Waals surface area contributed by atoms with Crippen molar-refractivity contribution in [1.82, 2.24) is 10.6 Å². The number of carbonyl (C=O) groups excluding carboxylic acids is 2. The SMILES string of the molecule is CN1CC(OC(=O)C(=O)OC2(C3=NCCN3)CN(C)c3cccc(C(F)(F)F)c3S2)(C2=NCCN2)Sc2c1cccc2C(F)(F)F. The van der Waals surface area contributed by atoms with E-state index in [0.29, 0.717) is 36.6 Å². The molecule has 4 aliphatic heterocycles. The zero-order valence-corrected chi connectivity index (χ0v) is 25.8. The lowest BCUT2D eigenvalue weighted by molar-refractivity contribution is -0.172. The molecule has 4 heterocycles. The van der Waals surface area contributed by atoms with Crippen LogP contribution in [0.1, 0.15) is 11.1 Å². The summed E-state index contributed by atoms with van der Waals surface area (Å²) in [7, 11) is 3.02. The summed E-state index contributed by atoms with van der Waals surface area (Å²) in [4.78, 5) is 34.3. The van der Waals surface area contributed by atoms with Gasteiger partial charge in [0.2, 0.25) is 9.87 Å². The Kier molecular flexibility index (Phi) is 8.02. The number of likely N-dealkylation sites (N-methyl/N-ethyl adjacent to an activating group) is 2. The number of thioether (sulfide) groups is 2. The molecular formula is C28H26F6N6O4S2. The standard InChI is InChI=1S/C28H26F6N6O4S2/c1-39-13-25(23-35-9-10-36-23,45-19-15(27(29,30)31)5-3-7-17(19)39)43-21(41)22(42)44-26(24-37-11-12-38-24)14-40(2)18-8-4-6-16(20(18)46-26)28(32,33)34/h3-8H,9-14H2,1-2H3,(H,35,36)(H,37,38). The minimum Gasteiger partial charge on any atom is -0.429 e. The quantitative estimate of drug-likeness (QED) is 0.278. The number of amidine groups is 2. The second kappa shape index (κ2) is 11.5. The van der Waals surface area contributed by atoms with Gasteiger partial charge in [-0.25, -0.2) is 9.59 Å². The van der Waals surface area contributed by atoms with Crippen LogP contribution < -0.4 is 20.4 Å². The van der Waals surface area contributed by atoms with Crippen molar-refractivity contribution < 1.29 is 45.4 Å². The number of hydrogen-bond donors (Lipinski definition) is 2. The number of hydrogen-bond acceptors (Lipinski definition) is 12. The first-order valence-corrected chi connectivity index (χ1v) is 15.5. The Labute approximate surface area is 267 Å². The van der Waals surface area contributed by atoms with Crippen LogP contribution in [0, 0.1) is 0 Å². The normalized spacial score (nSPS) is 24.3. The van der Waals surface area contributed by atoms with Gasteiger partial charge in [-0.3, -0.25) is 9.98 Å². The average molecular weight is 689 g/mol. The van der Waals surface area contributed by atoms with Crippen molar-refractivity contribution in [2.24, 2.45) is 9.98 Å². The number of benzene rings is 2. The van der Waals surface area contributed by atoms with Crippen LogP contribution in [0.4, 0.5) is 37.7 Å².